The molecule has 1 amide bonds. The van der Waals surface area contributed by atoms with Crippen LogP contribution in [0.4, 0.5) is 4.39 Å². The van der Waals surface area contributed by atoms with Crippen molar-refractivity contribution < 1.29 is 13.9 Å². The van der Waals surface area contributed by atoms with E-state index in [1.165, 1.54) is 12.3 Å². The van der Waals surface area contributed by atoms with Crippen molar-refractivity contribution in [3.8, 4) is 5.75 Å². The first-order valence-electron chi connectivity index (χ1n) is 6.69. The van der Waals surface area contributed by atoms with Crippen LogP contribution in [0.15, 0.2) is 42.7 Å². The summed E-state index contributed by atoms with van der Waals surface area (Å²) >= 11 is 0. The summed E-state index contributed by atoms with van der Waals surface area (Å²) in [5.74, 6) is -0.463. The number of hydrogen-bond acceptors (Lipinski definition) is 3. The molecule has 0 aliphatic rings. The molecule has 4 nitrogen and oxygen atoms in total. The third kappa shape index (κ3) is 5.00. The van der Waals surface area contributed by atoms with Crippen LogP contribution < -0.4 is 10.1 Å². The predicted molar refractivity (Wildman–Crippen MR) is 84.8 cm³/mol. The molecule has 0 spiro atoms. The zero-order chi connectivity index (χ0) is 15.2. The summed E-state index contributed by atoms with van der Waals surface area (Å²) in [5, 5.41) is 2.72. The highest BCUT2D eigenvalue weighted by Crippen LogP contribution is 2.19. The van der Waals surface area contributed by atoms with Gasteiger partial charge in [-0.1, -0.05) is 6.07 Å². The molecule has 0 unspecified atom stereocenters. The number of ether oxygens (including phenoxy) is 1. The Hall–Kier alpha value is -2.14. The third-order valence-corrected chi connectivity index (χ3v) is 2.74. The molecule has 2 rings (SSSR count). The van der Waals surface area contributed by atoms with Crippen LogP contribution in [0.25, 0.3) is 0 Å². The van der Waals surface area contributed by atoms with Crippen molar-refractivity contribution in [3.63, 3.8) is 0 Å². The number of carbonyl (C=O) groups excluding carboxylic acids is 1. The summed E-state index contributed by atoms with van der Waals surface area (Å²) in [6, 6.07) is 8.02. The van der Waals surface area contributed by atoms with Crippen molar-refractivity contribution in [1.29, 1.82) is 0 Å². The Kier molecular flexibility index (Phi) is 6.79. The Labute approximate surface area is 135 Å². The van der Waals surface area contributed by atoms with Gasteiger partial charge in [-0.25, -0.2) is 4.39 Å². The van der Waals surface area contributed by atoms with Crippen molar-refractivity contribution >= 4 is 18.3 Å². The number of aromatic nitrogens is 1. The molecule has 0 aliphatic carbocycles. The third-order valence-electron chi connectivity index (χ3n) is 2.74. The quantitative estimate of drug-likeness (QED) is 0.917. The molecule has 1 heterocycles. The first-order chi connectivity index (χ1) is 10.1. The van der Waals surface area contributed by atoms with Gasteiger partial charge < -0.3 is 10.1 Å². The second-order valence-electron chi connectivity index (χ2n) is 4.86. The molecule has 6 heteroatoms. The predicted octanol–water partition coefficient (Wildman–Crippen LogP) is 3.36. The summed E-state index contributed by atoms with van der Waals surface area (Å²) in [4.78, 5) is 15.7. The average Bonchev–Trinajstić information content (AvgIpc) is 2.48. The van der Waals surface area contributed by atoms with Gasteiger partial charge in [0.2, 0.25) is 0 Å². The number of halogens is 2. The number of hydrogen-bond donors (Lipinski definition) is 1. The normalized spacial score (nSPS) is 10.0. The van der Waals surface area contributed by atoms with Crippen molar-refractivity contribution in [2.45, 2.75) is 26.5 Å². The lowest BCUT2D eigenvalue weighted by Gasteiger charge is -2.11. The van der Waals surface area contributed by atoms with Crippen molar-refractivity contribution in [3.05, 3.63) is 59.7 Å². The molecule has 0 atom stereocenters. The molecule has 0 aliphatic heterocycles. The van der Waals surface area contributed by atoms with E-state index >= 15 is 0 Å². The van der Waals surface area contributed by atoms with Crippen molar-refractivity contribution in [1.82, 2.24) is 10.3 Å². The van der Waals surface area contributed by atoms with Crippen LogP contribution in [0.1, 0.15) is 29.8 Å². The Morgan fingerprint density at radius 2 is 2.14 bits per heavy atom. The van der Waals surface area contributed by atoms with E-state index in [1.807, 2.05) is 13.8 Å². The van der Waals surface area contributed by atoms with E-state index in [2.05, 4.69) is 10.3 Å². The number of nitrogens with one attached hydrogen (secondary N) is 1. The van der Waals surface area contributed by atoms with Gasteiger partial charge in [0.05, 0.1) is 11.7 Å². The van der Waals surface area contributed by atoms with Gasteiger partial charge >= 0.3 is 0 Å². The second kappa shape index (κ2) is 8.34. The number of carbonyl (C=O) groups is 1. The fourth-order valence-corrected chi connectivity index (χ4v) is 1.79. The molecular weight excluding hydrogens is 307 g/mol. The minimum Gasteiger partial charge on any atom is -0.488 e. The van der Waals surface area contributed by atoms with Gasteiger partial charge in [0.1, 0.15) is 0 Å². The zero-order valence-corrected chi connectivity index (χ0v) is 13.2. The van der Waals surface area contributed by atoms with E-state index in [4.69, 9.17) is 4.74 Å². The molecule has 0 radical (unpaired) electrons. The summed E-state index contributed by atoms with van der Waals surface area (Å²) in [7, 11) is 0. The van der Waals surface area contributed by atoms with Crippen molar-refractivity contribution in [2.24, 2.45) is 0 Å². The maximum absolute atomic E-state index is 13.8. The number of nitrogens with zero attached hydrogens (tertiary/aromatic N) is 1. The van der Waals surface area contributed by atoms with Gasteiger partial charge in [-0.05, 0) is 43.7 Å². The standard InChI is InChI=1S/C16H17FN2O2.ClH/c1-11(2)21-15-6-5-12(8-14(15)17)9-19-16(20)13-4-3-7-18-10-13;/h3-8,10-11H,9H2,1-2H3,(H,19,20);1H. The van der Waals surface area contributed by atoms with Crippen LogP contribution in [-0.4, -0.2) is 17.0 Å². The molecule has 118 valence electrons. The SMILES string of the molecule is CC(C)Oc1ccc(CNC(=O)c2cccnc2)cc1F.Cl. The van der Waals surface area contributed by atoms with E-state index in [9.17, 15) is 9.18 Å². The van der Waals surface area contributed by atoms with E-state index in [-0.39, 0.29) is 36.7 Å². The molecule has 1 aromatic heterocycles. The van der Waals surface area contributed by atoms with Crippen LogP contribution in [0, 0.1) is 5.82 Å². The Morgan fingerprint density at radius 3 is 2.73 bits per heavy atom. The largest absolute Gasteiger partial charge is 0.488 e. The van der Waals surface area contributed by atoms with Gasteiger partial charge in [0.25, 0.3) is 5.91 Å². The highest BCUT2D eigenvalue weighted by atomic mass is 35.5. The summed E-state index contributed by atoms with van der Waals surface area (Å²) in [6.45, 7) is 3.91. The lowest BCUT2D eigenvalue weighted by Crippen LogP contribution is -2.22. The summed E-state index contributed by atoms with van der Waals surface area (Å²) < 4.78 is 19.1. The highest BCUT2D eigenvalue weighted by Gasteiger charge is 2.08. The minimum absolute atomic E-state index is 0. The number of rotatable bonds is 5. The molecule has 0 saturated carbocycles. The zero-order valence-electron chi connectivity index (χ0n) is 12.4. The van der Waals surface area contributed by atoms with Gasteiger partial charge in [0.15, 0.2) is 11.6 Å². The molecule has 1 N–H and O–H groups in total. The van der Waals surface area contributed by atoms with Crippen LogP contribution in [0.2, 0.25) is 0 Å². The first kappa shape index (κ1) is 17.9. The summed E-state index contributed by atoms with van der Waals surface area (Å²) in [5.41, 5.74) is 1.14. The molecular formula is C16H18ClFN2O2. The highest BCUT2D eigenvalue weighted by molar-refractivity contribution is 5.93. The lowest BCUT2D eigenvalue weighted by atomic mass is 10.2. The van der Waals surface area contributed by atoms with Crippen LogP contribution >= 0.6 is 12.4 Å². The maximum atomic E-state index is 13.8. The van der Waals surface area contributed by atoms with Crippen molar-refractivity contribution in [2.75, 3.05) is 0 Å². The molecule has 0 bridgehead atoms. The van der Waals surface area contributed by atoms with Gasteiger partial charge in [-0.15, -0.1) is 12.4 Å². The number of benzene rings is 1. The van der Waals surface area contributed by atoms with Gasteiger partial charge in [-0.2, -0.15) is 0 Å². The van der Waals surface area contributed by atoms with Gasteiger partial charge in [-0.3, -0.25) is 9.78 Å². The topological polar surface area (TPSA) is 51.2 Å². The fraction of sp³-hybridized carbons (Fsp3) is 0.250. The number of amides is 1. The van der Waals surface area contributed by atoms with Gasteiger partial charge in [0, 0.05) is 18.9 Å². The Bertz CT molecular complexity index is 621. The van der Waals surface area contributed by atoms with E-state index < -0.39 is 5.82 Å². The average molecular weight is 325 g/mol. The maximum Gasteiger partial charge on any atom is 0.253 e. The Morgan fingerprint density at radius 1 is 1.36 bits per heavy atom. The van der Waals surface area contributed by atoms with Crippen LogP contribution in [-0.2, 0) is 6.54 Å². The molecule has 0 fully saturated rings. The second-order valence-corrected chi connectivity index (χ2v) is 4.86. The minimum atomic E-state index is -0.433. The van der Waals surface area contributed by atoms with Crippen LogP contribution in [0.3, 0.4) is 0 Å². The molecule has 22 heavy (non-hydrogen) atoms. The number of pyridine rings is 1. The summed E-state index contributed by atoms with van der Waals surface area (Å²) in [6.07, 6.45) is 2.99. The Balaban J connectivity index is 0.00000242. The monoisotopic (exact) mass is 324 g/mol. The van der Waals surface area contributed by atoms with E-state index in [0.717, 1.165) is 0 Å². The lowest BCUT2D eigenvalue weighted by molar-refractivity contribution is 0.0950. The van der Waals surface area contributed by atoms with Crippen LogP contribution in [0.5, 0.6) is 5.75 Å². The molecule has 0 saturated heterocycles. The van der Waals surface area contributed by atoms with E-state index in [1.54, 1.807) is 30.5 Å². The molecule has 1 aromatic carbocycles. The fourth-order valence-electron chi connectivity index (χ4n) is 1.79. The van der Waals surface area contributed by atoms with E-state index in [0.29, 0.717) is 11.1 Å². The smallest absolute Gasteiger partial charge is 0.253 e. The molecule has 2 aromatic rings. The first-order valence-corrected chi connectivity index (χ1v) is 6.69.